The van der Waals surface area contributed by atoms with E-state index in [1.807, 2.05) is 0 Å². The molecular weight excluding hydrogens is 206 g/mol. The molecule has 0 aliphatic heterocycles. The number of nitrogens with zero attached hydrogens (tertiary/aromatic N) is 3. The van der Waals surface area contributed by atoms with E-state index in [-0.39, 0.29) is 5.69 Å². The van der Waals surface area contributed by atoms with Crippen molar-refractivity contribution in [3.63, 3.8) is 0 Å². The van der Waals surface area contributed by atoms with Crippen LogP contribution in [0.3, 0.4) is 0 Å². The van der Waals surface area contributed by atoms with Gasteiger partial charge in [0.15, 0.2) is 11.5 Å². The lowest BCUT2D eigenvalue weighted by Gasteiger charge is -2.03. The van der Waals surface area contributed by atoms with Crippen LogP contribution in [-0.4, -0.2) is 26.0 Å². The maximum atomic E-state index is 10.9. The molecule has 80 valence electrons. The molecule has 0 amide bonds. The third-order valence-electron chi connectivity index (χ3n) is 2.11. The van der Waals surface area contributed by atoms with Crippen molar-refractivity contribution in [1.82, 2.24) is 15.0 Å². The molecule has 1 N–H and O–H groups in total. The summed E-state index contributed by atoms with van der Waals surface area (Å²) in [6.45, 7) is 1.67. The predicted octanol–water partition coefficient (Wildman–Crippen LogP) is 1.55. The molecule has 0 spiro atoms. The molecular formula is C11H9N3O2. The predicted molar refractivity (Wildman–Crippen MR) is 57.0 cm³/mol. The first-order chi connectivity index (χ1) is 7.68. The smallest absolute Gasteiger partial charge is 0.354 e. The molecule has 16 heavy (non-hydrogen) atoms. The Bertz CT molecular complexity index is 526. The number of carboxylic acids is 1. The summed E-state index contributed by atoms with van der Waals surface area (Å²) in [6, 6.07) is 3.46. The Morgan fingerprint density at radius 1 is 1.31 bits per heavy atom. The number of aromatic carboxylic acids is 1. The maximum Gasteiger partial charge on any atom is 0.354 e. The number of aromatic nitrogens is 3. The molecule has 2 aromatic rings. The van der Waals surface area contributed by atoms with Gasteiger partial charge in [0.1, 0.15) is 0 Å². The Balaban J connectivity index is 2.52. The minimum Gasteiger partial charge on any atom is -0.477 e. The van der Waals surface area contributed by atoms with Crippen molar-refractivity contribution in [2.75, 3.05) is 0 Å². The zero-order valence-corrected chi connectivity index (χ0v) is 8.58. The summed E-state index contributed by atoms with van der Waals surface area (Å²) in [5, 5.41) is 8.93. The third kappa shape index (κ3) is 1.88. The van der Waals surface area contributed by atoms with E-state index in [1.54, 1.807) is 31.5 Å². The van der Waals surface area contributed by atoms with Crippen molar-refractivity contribution in [2.24, 2.45) is 0 Å². The summed E-state index contributed by atoms with van der Waals surface area (Å²) in [5.41, 5.74) is 1.32. The first-order valence-electron chi connectivity index (χ1n) is 4.66. The van der Waals surface area contributed by atoms with Crippen LogP contribution in [0.4, 0.5) is 0 Å². The summed E-state index contributed by atoms with van der Waals surface area (Å²) >= 11 is 0. The molecule has 0 unspecified atom stereocenters. The first kappa shape index (κ1) is 10.2. The van der Waals surface area contributed by atoms with E-state index < -0.39 is 5.97 Å². The lowest BCUT2D eigenvalue weighted by atomic mass is 10.2. The van der Waals surface area contributed by atoms with Gasteiger partial charge in [0.25, 0.3) is 0 Å². The molecule has 0 saturated heterocycles. The summed E-state index contributed by atoms with van der Waals surface area (Å²) < 4.78 is 0. The van der Waals surface area contributed by atoms with Crippen LogP contribution in [0.2, 0.25) is 0 Å². The standard InChI is InChI=1S/C11H9N3O2/c1-7-6-13-10(14-9(7)11(15)16)8-2-4-12-5-3-8/h2-6H,1H3,(H,15,16). The van der Waals surface area contributed by atoms with Gasteiger partial charge in [-0.2, -0.15) is 0 Å². The lowest BCUT2D eigenvalue weighted by molar-refractivity contribution is 0.0689. The van der Waals surface area contributed by atoms with Gasteiger partial charge in [-0.15, -0.1) is 0 Å². The number of rotatable bonds is 2. The van der Waals surface area contributed by atoms with Crippen LogP contribution < -0.4 is 0 Å². The number of hydrogen-bond donors (Lipinski definition) is 1. The van der Waals surface area contributed by atoms with Gasteiger partial charge < -0.3 is 5.11 Å². The largest absolute Gasteiger partial charge is 0.477 e. The molecule has 0 radical (unpaired) electrons. The minimum atomic E-state index is -1.05. The monoisotopic (exact) mass is 215 g/mol. The summed E-state index contributed by atoms with van der Waals surface area (Å²) in [7, 11) is 0. The zero-order chi connectivity index (χ0) is 11.5. The van der Waals surface area contributed by atoms with E-state index in [0.717, 1.165) is 5.56 Å². The van der Waals surface area contributed by atoms with Crippen LogP contribution in [-0.2, 0) is 0 Å². The van der Waals surface area contributed by atoms with E-state index in [1.165, 1.54) is 6.20 Å². The summed E-state index contributed by atoms with van der Waals surface area (Å²) in [6.07, 6.45) is 4.73. The summed E-state index contributed by atoms with van der Waals surface area (Å²) in [4.78, 5) is 22.9. The Hall–Kier alpha value is -2.30. The van der Waals surface area contributed by atoms with Crippen LogP contribution in [0.25, 0.3) is 11.4 Å². The number of pyridine rings is 1. The minimum absolute atomic E-state index is 0.0295. The Kier molecular flexibility index (Phi) is 2.59. The van der Waals surface area contributed by atoms with Gasteiger partial charge in [0.2, 0.25) is 0 Å². The number of hydrogen-bond acceptors (Lipinski definition) is 4. The number of aryl methyl sites for hydroxylation is 1. The SMILES string of the molecule is Cc1cnc(-c2ccncc2)nc1C(=O)O. The molecule has 0 saturated carbocycles. The summed E-state index contributed by atoms with van der Waals surface area (Å²) in [5.74, 6) is -0.652. The van der Waals surface area contributed by atoms with Crippen molar-refractivity contribution < 1.29 is 9.90 Å². The van der Waals surface area contributed by atoms with Gasteiger partial charge in [-0.25, -0.2) is 14.8 Å². The molecule has 0 aromatic carbocycles. The Morgan fingerprint density at radius 2 is 2.00 bits per heavy atom. The highest BCUT2D eigenvalue weighted by Crippen LogP contribution is 2.14. The normalized spacial score (nSPS) is 10.1. The zero-order valence-electron chi connectivity index (χ0n) is 8.58. The van der Waals surface area contributed by atoms with Gasteiger partial charge in [-0.1, -0.05) is 0 Å². The molecule has 2 aromatic heterocycles. The van der Waals surface area contributed by atoms with Crippen molar-refractivity contribution in [1.29, 1.82) is 0 Å². The molecule has 0 aliphatic carbocycles. The van der Waals surface area contributed by atoms with E-state index in [0.29, 0.717) is 11.4 Å². The van der Waals surface area contributed by atoms with Gasteiger partial charge in [-0.05, 0) is 19.1 Å². The van der Waals surface area contributed by atoms with Gasteiger partial charge >= 0.3 is 5.97 Å². The van der Waals surface area contributed by atoms with Crippen molar-refractivity contribution >= 4 is 5.97 Å². The third-order valence-corrected chi connectivity index (χ3v) is 2.11. The van der Waals surface area contributed by atoms with Gasteiger partial charge in [0, 0.05) is 29.7 Å². The van der Waals surface area contributed by atoms with E-state index in [4.69, 9.17) is 5.11 Å². The van der Waals surface area contributed by atoms with Crippen molar-refractivity contribution in [3.05, 3.63) is 42.0 Å². The molecule has 0 fully saturated rings. The van der Waals surface area contributed by atoms with E-state index in [2.05, 4.69) is 15.0 Å². The highest BCUT2D eigenvalue weighted by molar-refractivity contribution is 5.87. The van der Waals surface area contributed by atoms with Crippen LogP contribution in [0.15, 0.2) is 30.7 Å². The molecule has 5 heteroatoms. The highest BCUT2D eigenvalue weighted by atomic mass is 16.4. The second-order valence-corrected chi connectivity index (χ2v) is 3.27. The van der Waals surface area contributed by atoms with Gasteiger partial charge in [0.05, 0.1) is 0 Å². The second kappa shape index (κ2) is 4.06. The highest BCUT2D eigenvalue weighted by Gasteiger charge is 2.11. The molecule has 0 atom stereocenters. The fourth-order valence-electron chi connectivity index (χ4n) is 1.30. The quantitative estimate of drug-likeness (QED) is 0.822. The van der Waals surface area contributed by atoms with E-state index in [9.17, 15) is 4.79 Å². The van der Waals surface area contributed by atoms with Crippen LogP contribution in [0, 0.1) is 6.92 Å². The molecule has 0 aliphatic rings. The van der Waals surface area contributed by atoms with Crippen LogP contribution in [0.5, 0.6) is 0 Å². The van der Waals surface area contributed by atoms with Gasteiger partial charge in [-0.3, -0.25) is 4.98 Å². The Labute approximate surface area is 91.8 Å². The molecule has 5 nitrogen and oxygen atoms in total. The van der Waals surface area contributed by atoms with Crippen molar-refractivity contribution in [2.45, 2.75) is 6.92 Å². The average molecular weight is 215 g/mol. The second-order valence-electron chi connectivity index (χ2n) is 3.27. The topological polar surface area (TPSA) is 76.0 Å². The fourth-order valence-corrected chi connectivity index (χ4v) is 1.30. The average Bonchev–Trinajstić information content (AvgIpc) is 2.30. The number of carbonyl (C=O) groups is 1. The molecule has 2 rings (SSSR count). The molecule has 2 heterocycles. The fraction of sp³-hybridized carbons (Fsp3) is 0.0909. The number of carboxylic acid groups (broad SMARTS) is 1. The van der Waals surface area contributed by atoms with Crippen LogP contribution >= 0.6 is 0 Å². The maximum absolute atomic E-state index is 10.9. The Morgan fingerprint density at radius 3 is 2.62 bits per heavy atom. The van der Waals surface area contributed by atoms with Crippen LogP contribution in [0.1, 0.15) is 16.1 Å². The molecule has 0 bridgehead atoms. The lowest BCUT2D eigenvalue weighted by Crippen LogP contribution is -2.05. The van der Waals surface area contributed by atoms with E-state index >= 15 is 0 Å². The van der Waals surface area contributed by atoms with Crippen molar-refractivity contribution in [3.8, 4) is 11.4 Å². The first-order valence-corrected chi connectivity index (χ1v) is 4.66.